The predicted octanol–water partition coefficient (Wildman–Crippen LogP) is 4.82. The summed E-state index contributed by atoms with van der Waals surface area (Å²) in [4.78, 5) is 14.7. The van der Waals surface area contributed by atoms with Gasteiger partial charge in [0.25, 0.3) is 0 Å². The zero-order valence-electron chi connectivity index (χ0n) is 14.7. The molecule has 4 heteroatoms. The van der Waals surface area contributed by atoms with E-state index in [1.807, 2.05) is 18.2 Å². The summed E-state index contributed by atoms with van der Waals surface area (Å²) in [5, 5.41) is 0. The summed E-state index contributed by atoms with van der Waals surface area (Å²) >= 11 is 3.50. The van der Waals surface area contributed by atoms with Crippen LogP contribution in [0.3, 0.4) is 0 Å². The molecule has 23 heavy (non-hydrogen) atoms. The maximum atomic E-state index is 12.6. The molecule has 0 N–H and O–H groups in total. The first kappa shape index (κ1) is 18.3. The number of methoxy groups -OCH3 is 1. The lowest BCUT2D eigenvalue weighted by Gasteiger charge is -2.30. The zero-order chi connectivity index (χ0) is 17.0. The summed E-state index contributed by atoms with van der Waals surface area (Å²) < 4.78 is 6.19. The van der Waals surface area contributed by atoms with Gasteiger partial charge in [0.05, 0.1) is 11.6 Å². The molecule has 0 saturated carbocycles. The molecule has 1 aromatic rings. The maximum absolute atomic E-state index is 12.6. The number of carbonyl (C=O) groups excluding carboxylic acids is 1. The molecule has 0 spiro atoms. The topological polar surface area (TPSA) is 29.5 Å². The fourth-order valence-corrected chi connectivity index (χ4v) is 3.93. The smallest absolute Gasteiger partial charge is 0.223 e. The molecule has 1 heterocycles. The van der Waals surface area contributed by atoms with Gasteiger partial charge in [0.2, 0.25) is 5.91 Å². The molecule has 0 radical (unpaired) electrons. The Kier molecular flexibility index (Phi) is 6.12. The highest BCUT2D eigenvalue weighted by Crippen LogP contribution is 2.31. The van der Waals surface area contributed by atoms with Crippen LogP contribution in [0.4, 0.5) is 0 Å². The lowest BCUT2D eigenvalue weighted by atomic mass is 9.87. The van der Waals surface area contributed by atoms with E-state index in [4.69, 9.17) is 4.74 Å². The van der Waals surface area contributed by atoms with Crippen molar-refractivity contribution in [2.45, 2.75) is 58.9 Å². The highest BCUT2D eigenvalue weighted by atomic mass is 79.9. The van der Waals surface area contributed by atoms with Crippen molar-refractivity contribution >= 4 is 21.8 Å². The van der Waals surface area contributed by atoms with Gasteiger partial charge in [0.15, 0.2) is 0 Å². The number of hydrogen-bond donors (Lipinski definition) is 0. The number of halogens is 1. The Morgan fingerprint density at radius 1 is 1.39 bits per heavy atom. The highest BCUT2D eigenvalue weighted by molar-refractivity contribution is 9.10. The van der Waals surface area contributed by atoms with Crippen LogP contribution in [-0.4, -0.2) is 30.5 Å². The van der Waals surface area contributed by atoms with Crippen LogP contribution >= 0.6 is 15.9 Å². The van der Waals surface area contributed by atoms with Crippen LogP contribution in [0.15, 0.2) is 22.7 Å². The molecular formula is C19H28BrNO2. The fraction of sp³-hybridized carbons (Fsp3) is 0.632. The van der Waals surface area contributed by atoms with Crippen LogP contribution in [0.5, 0.6) is 5.75 Å². The van der Waals surface area contributed by atoms with Crippen LogP contribution in [0.1, 0.15) is 52.0 Å². The minimum Gasteiger partial charge on any atom is -0.496 e. The highest BCUT2D eigenvalue weighted by Gasteiger charge is 2.31. The predicted molar refractivity (Wildman–Crippen MR) is 97.8 cm³/mol. The van der Waals surface area contributed by atoms with Crippen molar-refractivity contribution in [2.75, 3.05) is 13.7 Å². The van der Waals surface area contributed by atoms with Crippen LogP contribution in [0.25, 0.3) is 0 Å². The van der Waals surface area contributed by atoms with Gasteiger partial charge in [-0.3, -0.25) is 4.79 Å². The number of benzene rings is 1. The van der Waals surface area contributed by atoms with Gasteiger partial charge in [-0.25, -0.2) is 0 Å². The number of rotatable bonds is 5. The number of nitrogens with zero attached hydrogens (tertiary/aromatic N) is 1. The molecule has 1 aromatic carbocycles. The molecule has 1 atom stereocenters. The van der Waals surface area contributed by atoms with Crippen molar-refractivity contribution in [3.8, 4) is 5.75 Å². The van der Waals surface area contributed by atoms with Crippen LogP contribution in [0, 0.1) is 5.41 Å². The number of carbonyl (C=O) groups is 1. The summed E-state index contributed by atoms with van der Waals surface area (Å²) in [6.07, 6.45) is 4.74. The average molecular weight is 382 g/mol. The third-order valence-corrected chi connectivity index (χ3v) is 5.01. The van der Waals surface area contributed by atoms with E-state index in [1.54, 1.807) is 7.11 Å². The van der Waals surface area contributed by atoms with Gasteiger partial charge >= 0.3 is 0 Å². The van der Waals surface area contributed by atoms with Gasteiger partial charge in [-0.05, 0) is 64.7 Å². The van der Waals surface area contributed by atoms with Gasteiger partial charge < -0.3 is 9.64 Å². The largest absolute Gasteiger partial charge is 0.496 e. The number of hydrogen-bond acceptors (Lipinski definition) is 2. The number of ether oxygens (including phenoxy) is 1. The molecule has 0 bridgehead atoms. The van der Waals surface area contributed by atoms with E-state index in [-0.39, 0.29) is 5.41 Å². The first-order valence-corrected chi connectivity index (χ1v) is 9.21. The Balaban J connectivity index is 1.92. The van der Waals surface area contributed by atoms with Gasteiger partial charge in [-0.2, -0.15) is 0 Å². The Morgan fingerprint density at radius 2 is 2.13 bits per heavy atom. The molecule has 1 amide bonds. The third kappa shape index (κ3) is 5.23. The minimum absolute atomic E-state index is 0.272. The quantitative estimate of drug-likeness (QED) is 0.731. The van der Waals surface area contributed by atoms with E-state index in [2.05, 4.69) is 41.6 Å². The van der Waals surface area contributed by atoms with Crippen LogP contribution < -0.4 is 4.74 Å². The molecule has 0 aromatic heterocycles. The van der Waals surface area contributed by atoms with Gasteiger partial charge in [-0.15, -0.1) is 0 Å². The van der Waals surface area contributed by atoms with Crippen molar-refractivity contribution < 1.29 is 9.53 Å². The molecule has 1 unspecified atom stereocenters. The second-order valence-electron chi connectivity index (χ2n) is 7.62. The number of likely N-dealkylation sites (tertiary alicyclic amines) is 1. The molecule has 0 aliphatic carbocycles. The van der Waals surface area contributed by atoms with Crippen molar-refractivity contribution in [3.63, 3.8) is 0 Å². The van der Waals surface area contributed by atoms with Crippen molar-refractivity contribution in [3.05, 3.63) is 28.2 Å². The van der Waals surface area contributed by atoms with Crippen molar-refractivity contribution in [1.29, 1.82) is 0 Å². The second-order valence-corrected chi connectivity index (χ2v) is 8.47. The van der Waals surface area contributed by atoms with Gasteiger partial charge in [0.1, 0.15) is 5.75 Å². The molecule has 1 saturated heterocycles. The summed E-state index contributed by atoms with van der Waals surface area (Å²) in [5.74, 6) is 1.12. The summed E-state index contributed by atoms with van der Waals surface area (Å²) in [7, 11) is 1.66. The van der Waals surface area contributed by atoms with Gasteiger partial charge in [0, 0.05) is 19.0 Å². The second kappa shape index (κ2) is 7.69. The van der Waals surface area contributed by atoms with E-state index < -0.39 is 0 Å². The number of amides is 1. The molecule has 1 aliphatic heterocycles. The Hall–Kier alpha value is -1.03. The van der Waals surface area contributed by atoms with E-state index in [0.29, 0.717) is 18.4 Å². The Labute approximate surface area is 148 Å². The SMILES string of the molecule is COc1ccc(CCC(=O)N2CCCC2CC(C)(C)C)cc1Br. The normalized spacial score (nSPS) is 18.3. The van der Waals surface area contributed by atoms with Crippen molar-refractivity contribution in [1.82, 2.24) is 4.90 Å². The fourth-order valence-electron chi connectivity index (χ4n) is 3.34. The van der Waals surface area contributed by atoms with E-state index in [0.717, 1.165) is 48.0 Å². The lowest BCUT2D eigenvalue weighted by molar-refractivity contribution is -0.132. The minimum atomic E-state index is 0.272. The summed E-state index contributed by atoms with van der Waals surface area (Å²) in [5.41, 5.74) is 1.44. The Morgan fingerprint density at radius 3 is 2.74 bits per heavy atom. The average Bonchev–Trinajstić information content (AvgIpc) is 2.91. The third-order valence-electron chi connectivity index (χ3n) is 4.39. The molecule has 1 fully saturated rings. The van der Waals surface area contributed by atoms with Crippen LogP contribution in [0.2, 0.25) is 0 Å². The first-order valence-electron chi connectivity index (χ1n) is 8.42. The van der Waals surface area contributed by atoms with Crippen molar-refractivity contribution in [2.24, 2.45) is 5.41 Å². The van der Waals surface area contributed by atoms with Gasteiger partial charge in [-0.1, -0.05) is 26.8 Å². The van der Waals surface area contributed by atoms with E-state index in [1.165, 1.54) is 0 Å². The Bertz CT molecular complexity index is 551. The maximum Gasteiger partial charge on any atom is 0.223 e. The first-order chi connectivity index (χ1) is 10.8. The zero-order valence-corrected chi connectivity index (χ0v) is 16.3. The molecule has 128 valence electrons. The standard InChI is InChI=1S/C19H28BrNO2/c1-19(2,3)13-15-6-5-11-21(15)18(22)10-8-14-7-9-17(23-4)16(20)12-14/h7,9,12,15H,5-6,8,10-11,13H2,1-4H3. The monoisotopic (exact) mass is 381 g/mol. The summed E-state index contributed by atoms with van der Waals surface area (Å²) in [6.45, 7) is 7.68. The molecule has 2 rings (SSSR count). The molecule has 1 aliphatic rings. The van der Waals surface area contributed by atoms with Crippen LogP contribution in [-0.2, 0) is 11.2 Å². The molecule has 3 nitrogen and oxygen atoms in total. The van der Waals surface area contributed by atoms with E-state index in [9.17, 15) is 4.79 Å². The molecular weight excluding hydrogens is 354 g/mol. The number of aryl methyl sites for hydroxylation is 1. The summed E-state index contributed by atoms with van der Waals surface area (Å²) in [6, 6.07) is 6.45. The lowest BCUT2D eigenvalue weighted by Crippen LogP contribution is -2.37. The van der Waals surface area contributed by atoms with E-state index >= 15 is 0 Å².